The number of amides is 1. The molecular weight excluding hydrogens is 290 g/mol. The number of nitrogens with zero attached hydrogens (tertiary/aromatic N) is 3. The molecule has 2 aliphatic rings. The maximum Gasteiger partial charge on any atom is 0.265 e. The van der Waals surface area contributed by atoms with E-state index in [1.165, 1.54) is 11.3 Å². The molecule has 0 aromatic carbocycles. The van der Waals surface area contributed by atoms with Crippen LogP contribution in [0, 0.1) is 0 Å². The summed E-state index contributed by atoms with van der Waals surface area (Å²) in [5.41, 5.74) is 5.92. The zero-order valence-corrected chi connectivity index (χ0v) is 13.0. The van der Waals surface area contributed by atoms with Crippen LogP contribution in [0.4, 0.5) is 10.9 Å². The van der Waals surface area contributed by atoms with Crippen LogP contribution >= 0.6 is 11.3 Å². The molecular formula is C13H21N5O2S. The molecule has 1 aromatic heterocycles. The van der Waals surface area contributed by atoms with Gasteiger partial charge in [-0.05, 0) is 20.0 Å². The van der Waals surface area contributed by atoms with Gasteiger partial charge in [0.25, 0.3) is 5.91 Å². The number of nitrogen functional groups attached to an aromatic ring is 1. The summed E-state index contributed by atoms with van der Waals surface area (Å²) in [7, 11) is 2.06. The predicted octanol–water partition coefficient (Wildman–Crippen LogP) is -0.00420. The van der Waals surface area contributed by atoms with Crippen LogP contribution in [0.15, 0.2) is 0 Å². The first-order valence-electron chi connectivity index (χ1n) is 7.22. The van der Waals surface area contributed by atoms with E-state index in [2.05, 4.69) is 27.1 Å². The number of thiazole rings is 1. The first kappa shape index (κ1) is 14.6. The molecule has 3 heterocycles. The SMILES string of the molecule is CN1CCC(NC(=O)c2sc(N3CCOCC3)nc2N)C1. The summed E-state index contributed by atoms with van der Waals surface area (Å²) in [5.74, 6) is 0.218. The Morgan fingerprint density at radius 2 is 2.19 bits per heavy atom. The van der Waals surface area contributed by atoms with Crippen molar-refractivity contribution in [1.82, 2.24) is 15.2 Å². The molecule has 0 aliphatic carbocycles. The van der Waals surface area contributed by atoms with E-state index in [0.29, 0.717) is 23.9 Å². The van der Waals surface area contributed by atoms with Crippen molar-refractivity contribution in [2.24, 2.45) is 0 Å². The highest BCUT2D eigenvalue weighted by Crippen LogP contribution is 2.28. The maximum absolute atomic E-state index is 12.3. The highest BCUT2D eigenvalue weighted by molar-refractivity contribution is 7.18. The lowest BCUT2D eigenvalue weighted by Crippen LogP contribution is -2.36. The Morgan fingerprint density at radius 1 is 1.43 bits per heavy atom. The summed E-state index contributed by atoms with van der Waals surface area (Å²) >= 11 is 1.37. The van der Waals surface area contributed by atoms with Crippen molar-refractivity contribution in [2.45, 2.75) is 12.5 Å². The molecule has 21 heavy (non-hydrogen) atoms. The van der Waals surface area contributed by atoms with Gasteiger partial charge in [-0.3, -0.25) is 4.79 Å². The minimum absolute atomic E-state index is 0.107. The van der Waals surface area contributed by atoms with E-state index < -0.39 is 0 Å². The number of likely N-dealkylation sites (N-methyl/N-ethyl adjacent to an activating group) is 1. The van der Waals surface area contributed by atoms with Gasteiger partial charge in [0.2, 0.25) is 0 Å². The summed E-state index contributed by atoms with van der Waals surface area (Å²) in [6.45, 7) is 4.87. The van der Waals surface area contributed by atoms with Gasteiger partial charge in [-0.25, -0.2) is 4.98 Å². The number of hydrogen-bond acceptors (Lipinski definition) is 7. The third-order valence-corrected chi connectivity index (χ3v) is 4.99. The van der Waals surface area contributed by atoms with Gasteiger partial charge in [0.15, 0.2) is 5.13 Å². The van der Waals surface area contributed by atoms with Crippen LogP contribution in [0.2, 0.25) is 0 Å². The van der Waals surface area contributed by atoms with Crippen LogP contribution in [-0.2, 0) is 4.74 Å². The fourth-order valence-electron chi connectivity index (χ4n) is 2.68. The molecule has 8 heteroatoms. The predicted molar refractivity (Wildman–Crippen MR) is 82.9 cm³/mol. The molecule has 116 valence electrons. The number of nitrogens with one attached hydrogen (secondary N) is 1. The van der Waals surface area contributed by atoms with Gasteiger partial charge in [0.1, 0.15) is 10.7 Å². The first-order valence-corrected chi connectivity index (χ1v) is 8.03. The largest absolute Gasteiger partial charge is 0.382 e. The van der Waals surface area contributed by atoms with Gasteiger partial charge >= 0.3 is 0 Å². The van der Waals surface area contributed by atoms with Crippen molar-refractivity contribution < 1.29 is 9.53 Å². The van der Waals surface area contributed by atoms with Gasteiger partial charge in [0, 0.05) is 25.7 Å². The fraction of sp³-hybridized carbons (Fsp3) is 0.692. The molecule has 1 atom stereocenters. The number of likely N-dealkylation sites (tertiary alicyclic amines) is 1. The molecule has 7 nitrogen and oxygen atoms in total. The Balaban J connectivity index is 1.67. The summed E-state index contributed by atoms with van der Waals surface area (Å²) in [6, 6.07) is 0.204. The van der Waals surface area contributed by atoms with E-state index in [1.54, 1.807) is 0 Å². The lowest BCUT2D eigenvalue weighted by atomic mass is 10.2. The quantitative estimate of drug-likeness (QED) is 0.817. The van der Waals surface area contributed by atoms with Gasteiger partial charge in [-0.15, -0.1) is 0 Å². The summed E-state index contributed by atoms with van der Waals surface area (Å²) in [6.07, 6.45) is 0.983. The highest BCUT2D eigenvalue weighted by atomic mass is 32.1. The second kappa shape index (κ2) is 6.17. The molecule has 2 aliphatic heterocycles. The topological polar surface area (TPSA) is 83.7 Å². The average molecular weight is 311 g/mol. The van der Waals surface area contributed by atoms with Gasteiger partial charge in [0.05, 0.1) is 13.2 Å². The Labute approximate surface area is 128 Å². The van der Waals surface area contributed by atoms with Crippen LogP contribution < -0.4 is 16.0 Å². The number of rotatable bonds is 3. The normalized spacial score (nSPS) is 23.5. The standard InChI is InChI=1S/C13H21N5O2S/c1-17-3-2-9(8-17)15-12(19)10-11(14)16-13(21-10)18-4-6-20-7-5-18/h9H,2-8,14H2,1H3,(H,15,19). The van der Waals surface area contributed by atoms with Gasteiger partial charge in [-0.2, -0.15) is 0 Å². The molecule has 2 saturated heterocycles. The Morgan fingerprint density at radius 3 is 2.86 bits per heavy atom. The molecule has 1 amide bonds. The van der Waals surface area contributed by atoms with Crippen molar-refractivity contribution in [1.29, 1.82) is 0 Å². The van der Waals surface area contributed by atoms with Gasteiger partial charge in [-0.1, -0.05) is 11.3 Å². The average Bonchev–Trinajstić information content (AvgIpc) is 3.06. The minimum Gasteiger partial charge on any atom is -0.382 e. The number of hydrogen-bond donors (Lipinski definition) is 2. The summed E-state index contributed by atoms with van der Waals surface area (Å²) in [5, 5.41) is 3.86. The summed E-state index contributed by atoms with van der Waals surface area (Å²) in [4.78, 5) is 21.5. The van der Waals surface area contributed by atoms with Crippen LogP contribution in [0.5, 0.6) is 0 Å². The summed E-state index contributed by atoms with van der Waals surface area (Å²) < 4.78 is 5.32. The Bertz CT molecular complexity index is 515. The molecule has 3 rings (SSSR count). The lowest BCUT2D eigenvalue weighted by Gasteiger charge is -2.25. The molecule has 3 N–H and O–H groups in total. The third kappa shape index (κ3) is 3.28. The van der Waals surface area contributed by atoms with Crippen LogP contribution in [-0.4, -0.2) is 68.3 Å². The zero-order chi connectivity index (χ0) is 14.8. The number of carbonyl (C=O) groups excluding carboxylic acids is 1. The maximum atomic E-state index is 12.3. The van der Waals surface area contributed by atoms with E-state index in [4.69, 9.17) is 10.5 Å². The van der Waals surface area contributed by atoms with Crippen LogP contribution in [0.1, 0.15) is 16.1 Å². The molecule has 0 spiro atoms. The van der Waals surface area contributed by atoms with Crippen LogP contribution in [0.3, 0.4) is 0 Å². The lowest BCUT2D eigenvalue weighted by molar-refractivity contribution is 0.0943. The Kier molecular flexibility index (Phi) is 4.27. The molecule has 0 radical (unpaired) electrons. The fourth-order valence-corrected chi connectivity index (χ4v) is 3.62. The number of morpholine rings is 1. The Hall–Kier alpha value is -1.38. The van der Waals surface area contributed by atoms with Crippen molar-refractivity contribution >= 4 is 28.2 Å². The van der Waals surface area contributed by atoms with E-state index >= 15 is 0 Å². The highest BCUT2D eigenvalue weighted by Gasteiger charge is 2.25. The second-order valence-electron chi connectivity index (χ2n) is 5.53. The number of nitrogens with two attached hydrogens (primary N) is 1. The molecule has 0 saturated carbocycles. The van der Waals surface area contributed by atoms with Crippen LogP contribution in [0.25, 0.3) is 0 Å². The second-order valence-corrected chi connectivity index (χ2v) is 6.51. The zero-order valence-electron chi connectivity index (χ0n) is 12.2. The third-order valence-electron chi connectivity index (χ3n) is 3.86. The molecule has 1 unspecified atom stereocenters. The van der Waals surface area contributed by atoms with Gasteiger partial charge < -0.3 is 25.6 Å². The number of aromatic nitrogens is 1. The van der Waals surface area contributed by atoms with E-state index in [1.807, 2.05) is 0 Å². The number of carbonyl (C=O) groups is 1. The minimum atomic E-state index is -0.107. The van der Waals surface area contributed by atoms with Crippen molar-refractivity contribution in [3.63, 3.8) is 0 Å². The first-order chi connectivity index (χ1) is 10.1. The molecule has 1 aromatic rings. The molecule has 2 fully saturated rings. The van der Waals surface area contributed by atoms with Crippen molar-refractivity contribution in [3.8, 4) is 0 Å². The smallest absolute Gasteiger partial charge is 0.265 e. The van der Waals surface area contributed by atoms with E-state index in [-0.39, 0.29) is 11.9 Å². The van der Waals surface area contributed by atoms with Crippen molar-refractivity contribution in [3.05, 3.63) is 4.88 Å². The monoisotopic (exact) mass is 311 g/mol. The molecule has 0 bridgehead atoms. The van der Waals surface area contributed by atoms with E-state index in [9.17, 15) is 4.79 Å². The number of ether oxygens (including phenoxy) is 1. The number of anilines is 2. The van der Waals surface area contributed by atoms with Crippen molar-refractivity contribution in [2.75, 3.05) is 57.1 Å². The van der Waals surface area contributed by atoms with E-state index in [0.717, 1.165) is 37.7 Å².